The SMILES string of the molecule is O=C(Nc1ccc(Cl)cc1C(=O)c1ccccc1)c1ccc(-c2cccc(Cl)c2)o1. The molecule has 1 N–H and O–H groups in total. The first kappa shape index (κ1) is 20.0. The van der Waals surface area contributed by atoms with E-state index in [0.717, 1.165) is 5.56 Å². The van der Waals surface area contributed by atoms with E-state index in [1.807, 2.05) is 12.1 Å². The second-order valence-electron chi connectivity index (χ2n) is 6.51. The summed E-state index contributed by atoms with van der Waals surface area (Å²) in [6.45, 7) is 0. The summed E-state index contributed by atoms with van der Waals surface area (Å²) in [5.41, 5.74) is 1.90. The van der Waals surface area contributed by atoms with Gasteiger partial charge in [-0.15, -0.1) is 0 Å². The van der Waals surface area contributed by atoms with E-state index in [1.165, 1.54) is 6.07 Å². The molecular weight excluding hydrogens is 421 g/mol. The smallest absolute Gasteiger partial charge is 0.291 e. The molecule has 0 bridgehead atoms. The minimum Gasteiger partial charge on any atom is -0.451 e. The number of hydrogen-bond donors (Lipinski definition) is 1. The van der Waals surface area contributed by atoms with Gasteiger partial charge in [-0.05, 0) is 42.5 Å². The number of halogens is 2. The number of amides is 1. The molecule has 148 valence electrons. The highest BCUT2D eigenvalue weighted by atomic mass is 35.5. The molecule has 3 aromatic carbocycles. The minimum absolute atomic E-state index is 0.109. The number of rotatable bonds is 5. The monoisotopic (exact) mass is 435 g/mol. The number of nitrogens with one attached hydrogen (secondary N) is 1. The minimum atomic E-state index is -0.479. The molecule has 0 saturated carbocycles. The standard InChI is InChI=1S/C24H15Cl2NO3/c25-17-8-4-7-16(13-17)21-11-12-22(30-21)24(29)27-20-10-9-18(26)14-19(20)23(28)15-5-2-1-3-6-15/h1-14H,(H,27,29). The number of ketones is 1. The zero-order valence-corrected chi connectivity index (χ0v) is 17.1. The fourth-order valence-corrected chi connectivity index (χ4v) is 3.36. The number of hydrogen-bond acceptors (Lipinski definition) is 3. The molecule has 1 amide bonds. The van der Waals surface area contributed by atoms with Crippen LogP contribution in [0.4, 0.5) is 5.69 Å². The predicted octanol–water partition coefficient (Wildman–Crippen LogP) is 6.74. The van der Waals surface area contributed by atoms with E-state index in [1.54, 1.807) is 66.7 Å². The third-order valence-corrected chi connectivity index (χ3v) is 4.92. The van der Waals surface area contributed by atoms with Gasteiger partial charge in [-0.3, -0.25) is 9.59 Å². The molecular formula is C24H15Cl2NO3. The fraction of sp³-hybridized carbons (Fsp3) is 0. The first-order valence-electron chi connectivity index (χ1n) is 9.08. The van der Waals surface area contributed by atoms with Gasteiger partial charge in [0.15, 0.2) is 11.5 Å². The summed E-state index contributed by atoms with van der Waals surface area (Å²) in [4.78, 5) is 25.7. The molecule has 0 saturated heterocycles. The fourth-order valence-electron chi connectivity index (χ4n) is 3.00. The number of carbonyl (C=O) groups excluding carboxylic acids is 2. The molecule has 6 heteroatoms. The van der Waals surface area contributed by atoms with Gasteiger partial charge in [0.2, 0.25) is 0 Å². The molecule has 1 aromatic heterocycles. The van der Waals surface area contributed by atoms with E-state index < -0.39 is 5.91 Å². The van der Waals surface area contributed by atoms with Crippen LogP contribution >= 0.6 is 23.2 Å². The van der Waals surface area contributed by atoms with E-state index in [9.17, 15) is 9.59 Å². The van der Waals surface area contributed by atoms with Gasteiger partial charge in [-0.1, -0.05) is 65.7 Å². The second-order valence-corrected chi connectivity index (χ2v) is 7.39. The topological polar surface area (TPSA) is 59.3 Å². The van der Waals surface area contributed by atoms with Crippen LogP contribution in [0.25, 0.3) is 11.3 Å². The summed E-state index contributed by atoms with van der Waals surface area (Å²) < 4.78 is 5.69. The average molecular weight is 436 g/mol. The van der Waals surface area contributed by atoms with Crippen molar-refractivity contribution in [3.05, 3.63) is 112 Å². The van der Waals surface area contributed by atoms with Gasteiger partial charge >= 0.3 is 0 Å². The molecule has 0 aliphatic carbocycles. The van der Waals surface area contributed by atoms with Gasteiger partial charge in [-0.2, -0.15) is 0 Å². The summed E-state index contributed by atoms with van der Waals surface area (Å²) in [5, 5.41) is 3.71. The summed E-state index contributed by atoms with van der Waals surface area (Å²) in [6, 6.07) is 23.9. The van der Waals surface area contributed by atoms with Crippen molar-refractivity contribution in [2.75, 3.05) is 5.32 Å². The summed E-state index contributed by atoms with van der Waals surface area (Å²) >= 11 is 12.1. The lowest BCUT2D eigenvalue weighted by atomic mass is 10.0. The molecule has 0 unspecified atom stereocenters. The van der Waals surface area contributed by atoms with Crippen molar-refractivity contribution in [1.82, 2.24) is 0 Å². The number of benzene rings is 3. The maximum atomic E-state index is 12.9. The molecule has 0 spiro atoms. The Labute approximate surface area is 183 Å². The zero-order chi connectivity index (χ0) is 21.1. The molecule has 1 heterocycles. The van der Waals surface area contributed by atoms with Gasteiger partial charge in [0.25, 0.3) is 5.91 Å². The van der Waals surface area contributed by atoms with E-state index in [2.05, 4.69) is 5.32 Å². The third kappa shape index (κ3) is 4.30. The Morgan fingerprint density at radius 3 is 2.30 bits per heavy atom. The first-order valence-corrected chi connectivity index (χ1v) is 9.83. The van der Waals surface area contributed by atoms with Crippen molar-refractivity contribution in [3.63, 3.8) is 0 Å². The Kier molecular flexibility index (Phi) is 5.70. The van der Waals surface area contributed by atoms with Crippen molar-refractivity contribution < 1.29 is 14.0 Å². The van der Waals surface area contributed by atoms with Crippen molar-refractivity contribution >= 4 is 40.6 Å². The summed E-state index contributed by atoms with van der Waals surface area (Å²) in [7, 11) is 0. The lowest BCUT2D eigenvalue weighted by Crippen LogP contribution is -2.14. The van der Waals surface area contributed by atoms with Crippen LogP contribution in [-0.4, -0.2) is 11.7 Å². The van der Waals surface area contributed by atoms with Crippen molar-refractivity contribution in [2.24, 2.45) is 0 Å². The van der Waals surface area contributed by atoms with Crippen LogP contribution in [0.5, 0.6) is 0 Å². The molecule has 0 aliphatic rings. The van der Waals surface area contributed by atoms with Crippen LogP contribution in [-0.2, 0) is 0 Å². The van der Waals surface area contributed by atoms with Crippen LogP contribution in [0.15, 0.2) is 89.3 Å². The van der Waals surface area contributed by atoms with Crippen LogP contribution in [0, 0.1) is 0 Å². The van der Waals surface area contributed by atoms with Crippen molar-refractivity contribution in [1.29, 1.82) is 0 Å². The van der Waals surface area contributed by atoms with Crippen LogP contribution < -0.4 is 5.32 Å². The van der Waals surface area contributed by atoms with Crippen LogP contribution in [0.1, 0.15) is 26.5 Å². The van der Waals surface area contributed by atoms with Gasteiger partial charge < -0.3 is 9.73 Å². The maximum absolute atomic E-state index is 12.9. The van der Waals surface area contributed by atoms with E-state index in [-0.39, 0.29) is 11.5 Å². The predicted molar refractivity (Wildman–Crippen MR) is 118 cm³/mol. The summed E-state index contributed by atoms with van der Waals surface area (Å²) in [5.74, 6) is -0.0995. The molecule has 4 nitrogen and oxygen atoms in total. The Morgan fingerprint density at radius 2 is 1.53 bits per heavy atom. The quantitative estimate of drug-likeness (QED) is 0.353. The highest BCUT2D eigenvalue weighted by Gasteiger charge is 2.18. The third-order valence-electron chi connectivity index (χ3n) is 4.45. The Balaban J connectivity index is 1.61. The van der Waals surface area contributed by atoms with Crippen molar-refractivity contribution in [2.45, 2.75) is 0 Å². The van der Waals surface area contributed by atoms with Gasteiger partial charge in [-0.25, -0.2) is 0 Å². The van der Waals surface area contributed by atoms with Crippen LogP contribution in [0.2, 0.25) is 10.0 Å². The number of furan rings is 1. The average Bonchev–Trinajstić information content (AvgIpc) is 3.26. The lowest BCUT2D eigenvalue weighted by molar-refractivity contribution is 0.0997. The molecule has 0 fully saturated rings. The maximum Gasteiger partial charge on any atom is 0.291 e. The van der Waals surface area contributed by atoms with Gasteiger partial charge in [0.05, 0.1) is 5.69 Å². The second kappa shape index (κ2) is 8.57. The number of carbonyl (C=O) groups is 2. The Bertz CT molecular complexity index is 1230. The van der Waals surface area contributed by atoms with Crippen LogP contribution in [0.3, 0.4) is 0 Å². The normalized spacial score (nSPS) is 10.6. The number of anilines is 1. The first-order chi connectivity index (χ1) is 14.5. The zero-order valence-electron chi connectivity index (χ0n) is 15.6. The molecule has 4 aromatic rings. The highest BCUT2D eigenvalue weighted by Crippen LogP contribution is 2.27. The molecule has 0 radical (unpaired) electrons. The van der Waals surface area contributed by atoms with Crippen molar-refractivity contribution in [3.8, 4) is 11.3 Å². The van der Waals surface area contributed by atoms with E-state index >= 15 is 0 Å². The Hall–Kier alpha value is -3.34. The van der Waals surface area contributed by atoms with E-state index in [4.69, 9.17) is 27.6 Å². The van der Waals surface area contributed by atoms with E-state index in [0.29, 0.717) is 32.6 Å². The molecule has 0 atom stereocenters. The lowest BCUT2D eigenvalue weighted by Gasteiger charge is -2.10. The van der Waals surface area contributed by atoms with Gasteiger partial charge in [0, 0.05) is 26.7 Å². The molecule has 0 aliphatic heterocycles. The molecule has 30 heavy (non-hydrogen) atoms. The summed E-state index contributed by atoms with van der Waals surface area (Å²) in [6.07, 6.45) is 0. The largest absolute Gasteiger partial charge is 0.451 e. The highest BCUT2D eigenvalue weighted by molar-refractivity contribution is 6.31. The Morgan fingerprint density at radius 1 is 0.767 bits per heavy atom. The molecule has 4 rings (SSSR count). The van der Waals surface area contributed by atoms with Gasteiger partial charge in [0.1, 0.15) is 5.76 Å².